The molecule has 0 radical (unpaired) electrons. The Morgan fingerprint density at radius 1 is 1.33 bits per heavy atom. The predicted octanol–water partition coefficient (Wildman–Crippen LogP) is 1.79. The van der Waals surface area contributed by atoms with Crippen molar-refractivity contribution in [3.63, 3.8) is 0 Å². The Morgan fingerprint density at radius 2 is 1.87 bits per heavy atom. The van der Waals surface area contributed by atoms with Crippen LogP contribution in [0.1, 0.15) is 20.8 Å². The maximum absolute atomic E-state index is 11.1. The monoisotopic (exact) mass is 208 g/mol. The zero-order valence-electron chi connectivity index (χ0n) is 9.23. The standard InChI is InChI=1S/C12H16O3/c1-9(13)11(14)12(2,3)15-10-7-5-4-6-8-10/h4-8,11,14H,1-3H3. The number of rotatable bonds is 4. The lowest BCUT2D eigenvalue weighted by Crippen LogP contribution is -2.45. The number of aliphatic hydroxyl groups excluding tert-OH is 1. The second-order valence-corrected chi connectivity index (χ2v) is 4.03. The van der Waals surface area contributed by atoms with Gasteiger partial charge >= 0.3 is 0 Å². The summed E-state index contributed by atoms with van der Waals surface area (Å²) in [5.74, 6) is 0.346. The Kier molecular flexibility index (Phi) is 3.48. The first-order valence-electron chi connectivity index (χ1n) is 4.86. The molecule has 0 aliphatic rings. The normalized spacial score (nSPS) is 13.3. The molecule has 3 heteroatoms. The second kappa shape index (κ2) is 4.45. The van der Waals surface area contributed by atoms with Gasteiger partial charge in [-0.1, -0.05) is 18.2 Å². The smallest absolute Gasteiger partial charge is 0.162 e. The minimum atomic E-state index is -1.11. The molecule has 0 bridgehead atoms. The Labute approximate surface area is 89.7 Å². The summed E-state index contributed by atoms with van der Waals surface area (Å²) in [4.78, 5) is 11.1. The lowest BCUT2D eigenvalue weighted by molar-refractivity contribution is -0.134. The Morgan fingerprint density at radius 3 is 2.33 bits per heavy atom. The van der Waals surface area contributed by atoms with Crippen molar-refractivity contribution in [1.29, 1.82) is 0 Å². The van der Waals surface area contributed by atoms with Gasteiger partial charge in [-0.2, -0.15) is 0 Å². The fourth-order valence-electron chi connectivity index (χ4n) is 1.34. The summed E-state index contributed by atoms with van der Waals surface area (Å²) in [6, 6.07) is 9.13. The topological polar surface area (TPSA) is 46.5 Å². The van der Waals surface area contributed by atoms with Crippen molar-refractivity contribution in [3.05, 3.63) is 30.3 Å². The molecule has 0 saturated heterocycles. The first-order chi connectivity index (χ1) is 6.93. The molecule has 1 aromatic rings. The van der Waals surface area contributed by atoms with E-state index < -0.39 is 11.7 Å². The lowest BCUT2D eigenvalue weighted by atomic mass is 9.98. The fraction of sp³-hybridized carbons (Fsp3) is 0.417. The number of Topliss-reactive ketones (excluding diaryl/α,β-unsaturated/α-hetero) is 1. The third-order valence-electron chi connectivity index (χ3n) is 2.17. The third kappa shape index (κ3) is 3.06. The Balaban J connectivity index is 2.76. The van der Waals surface area contributed by atoms with Gasteiger partial charge in [0.25, 0.3) is 0 Å². The van der Waals surface area contributed by atoms with E-state index >= 15 is 0 Å². The van der Waals surface area contributed by atoms with Gasteiger partial charge in [0.05, 0.1) is 0 Å². The van der Waals surface area contributed by atoms with Crippen LogP contribution in [0.4, 0.5) is 0 Å². The van der Waals surface area contributed by atoms with Crippen LogP contribution >= 0.6 is 0 Å². The molecule has 0 aromatic heterocycles. The maximum atomic E-state index is 11.1. The van der Waals surface area contributed by atoms with E-state index in [0.717, 1.165) is 0 Å². The molecule has 1 aromatic carbocycles. The first-order valence-corrected chi connectivity index (χ1v) is 4.86. The molecule has 82 valence electrons. The molecule has 1 atom stereocenters. The lowest BCUT2D eigenvalue weighted by Gasteiger charge is -2.29. The third-order valence-corrected chi connectivity index (χ3v) is 2.17. The van der Waals surface area contributed by atoms with E-state index in [0.29, 0.717) is 5.75 Å². The molecule has 3 nitrogen and oxygen atoms in total. The van der Waals surface area contributed by atoms with Crippen LogP contribution in [0.15, 0.2) is 30.3 Å². The predicted molar refractivity (Wildman–Crippen MR) is 57.8 cm³/mol. The molecule has 1 unspecified atom stereocenters. The molecule has 0 fully saturated rings. The number of benzene rings is 1. The van der Waals surface area contributed by atoms with Crippen LogP contribution in [0.25, 0.3) is 0 Å². The number of hydrogen-bond donors (Lipinski definition) is 1. The highest BCUT2D eigenvalue weighted by atomic mass is 16.5. The maximum Gasteiger partial charge on any atom is 0.162 e. The molecule has 0 heterocycles. The number of carbonyl (C=O) groups is 1. The van der Waals surface area contributed by atoms with Crippen LogP contribution in [0.5, 0.6) is 5.75 Å². The van der Waals surface area contributed by atoms with Crippen molar-refractivity contribution in [1.82, 2.24) is 0 Å². The highest BCUT2D eigenvalue weighted by molar-refractivity contribution is 5.81. The second-order valence-electron chi connectivity index (χ2n) is 4.03. The molecule has 0 saturated carbocycles. The van der Waals surface area contributed by atoms with Gasteiger partial charge in [0.2, 0.25) is 0 Å². The molecule has 1 N–H and O–H groups in total. The summed E-state index contributed by atoms with van der Waals surface area (Å²) in [7, 11) is 0. The van der Waals surface area contributed by atoms with E-state index in [2.05, 4.69) is 0 Å². The van der Waals surface area contributed by atoms with Crippen LogP contribution in [0, 0.1) is 0 Å². The number of ether oxygens (including phenoxy) is 1. The van der Waals surface area contributed by atoms with Gasteiger partial charge in [-0.05, 0) is 32.9 Å². The molecule has 0 aliphatic heterocycles. The number of para-hydroxylation sites is 1. The molecule has 1 rings (SSSR count). The van der Waals surface area contributed by atoms with Gasteiger partial charge < -0.3 is 9.84 Å². The summed E-state index contributed by atoms with van der Waals surface area (Å²) in [6.07, 6.45) is -1.11. The highest BCUT2D eigenvalue weighted by Crippen LogP contribution is 2.21. The average molecular weight is 208 g/mol. The number of hydrogen-bond acceptors (Lipinski definition) is 3. The van der Waals surface area contributed by atoms with Gasteiger partial charge in [0.15, 0.2) is 11.9 Å². The van der Waals surface area contributed by atoms with Crippen LogP contribution in [0.2, 0.25) is 0 Å². The number of ketones is 1. The average Bonchev–Trinajstić information content (AvgIpc) is 2.17. The van der Waals surface area contributed by atoms with E-state index in [4.69, 9.17) is 4.74 Å². The SMILES string of the molecule is CC(=O)C(O)C(C)(C)Oc1ccccc1. The van der Waals surface area contributed by atoms with Gasteiger partial charge in [-0.3, -0.25) is 4.79 Å². The first kappa shape index (κ1) is 11.7. The summed E-state index contributed by atoms with van der Waals surface area (Å²) in [5, 5.41) is 9.64. The van der Waals surface area contributed by atoms with E-state index in [9.17, 15) is 9.90 Å². The van der Waals surface area contributed by atoms with Crippen molar-refractivity contribution in [2.75, 3.05) is 0 Å². The minimum Gasteiger partial charge on any atom is -0.485 e. The summed E-state index contributed by atoms with van der Waals surface area (Å²) < 4.78 is 5.55. The summed E-state index contributed by atoms with van der Waals surface area (Å²) >= 11 is 0. The molecule has 0 amide bonds. The van der Waals surface area contributed by atoms with Crippen LogP contribution < -0.4 is 4.74 Å². The minimum absolute atomic E-state index is 0.295. The van der Waals surface area contributed by atoms with E-state index in [-0.39, 0.29) is 5.78 Å². The van der Waals surface area contributed by atoms with Crippen molar-refractivity contribution in [3.8, 4) is 5.75 Å². The van der Waals surface area contributed by atoms with Gasteiger partial charge in [-0.15, -0.1) is 0 Å². The molecule has 15 heavy (non-hydrogen) atoms. The molecule has 0 aliphatic carbocycles. The quantitative estimate of drug-likeness (QED) is 0.820. The van der Waals surface area contributed by atoms with Gasteiger partial charge in [0, 0.05) is 0 Å². The van der Waals surface area contributed by atoms with E-state index in [1.807, 2.05) is 18.2 Å². The van der Waals surface area contributed by atoms with Crippen molar-refractivity contribution >= 4 is 5.78 Å². The van der Waals surface area contributed by atoms with Crippen LogP contribution in [-0.2, 0) is 4.79 Å². The fourth-order valence-corrected chi connectivity index (χ4v) is 1.34. The number of aliphatic hydroxyl groups is 1. The zero-order chi connectivity index (χ0) is 11.5. The van der Waals surface area contributed by atoms with E-state index in [1.54, 1.807) is 26.0 Å². The largest absolute Gasteiger partial charge is 0.485 e. The van der Waals surface area contributed by atoms with Crippen molar-refractivity contribution < 1.29 is 14.6 Å². The molecule has 0 spiro atoms. The summed E-state index contributed by atoms with van der Waals surface area (Å²) in [5.41, 5.74) is -0.910. The van der Waals surface area contributed by atoms with Gasteiger partial charge in [-0.25, -0.2) is 0 Å². The van der Waals surface area contributed by atoms with Crippen LogP contribution in [-0.4, -0.2) is 22.6 Å². The highest BCUT2D eigenvalue weighted by Gasteiger charge is 2.33. The molecular formula is C12H16O3. The number of carbonyl (C=O) groups excluding carboxylic acids is 1. The Hall–Kier alpha value is -1.35. The van der Waals surface area contributed by atoms with Crippen molar-refractivity contribution in [2.24, 2.45) is 0 Å². The summed E-state index contributed by atoms with van der Waals surface area (Å²) in [6.45, 7) is 4.72. The zero-order valence-corrected chi connectivity index (χ0v) is 9.23. The molecular weight excluding hydrogens is 192 g/mol. The van der Waals surface area contributed by atoms with Gasteiger partial charge in [0.1, 0.15) is 11.4 Å². The van der Waals surface area contributed by atoms with E-state index in [1.165, 1.54) is 6.92 Å². The van der Waals surface area contributed by atoms with Crippen molar-refractivity contribution in [2.45, 2.75) is 32.5 Å². The Bertz CT molecular complexity index is 330. The van der Waals surface area contributed by atoms with Crippen LogP contribution in [0.3, 0.4) is 0 Å².